The lowest BCUT2D eigenvalue weighted by Gasteiger charge is -2.34. The molecule has 0 spiro atoms. The second-order valence-electron chi connectivity index (χ2n) is 9.28. The lowest BCUT2D eigenvalue weighted by molar-refractivity contribution is 0.313. The van der Waals surface area contributed by atoms with Gasteiger partial charge in [0.15, 0.2) is 17.3 Å². The number of rotatable bonds is 6. The molecule has 1 aliphatic heterocycles. The van der Waals surface area contributed by atoms with Crippen LogP contribution in [0.15, 0.2) is 30.6 Å². The van der Waals surface area contributed by atoms with Crippen molar-refractivity contribution in [3.8, 4) is 11.4 Å². The summed E-state index contributed by atoms with van der Waals surface area (Å²) < 4.78 is 2.30. The largest absolute Gasteiger partial charge is 0.369 e. The molecule has 2 aromatic heterocycles. The van der Waals surface area contributed by atoms with Crippen molar-refractivity contribution in [3.05, 3.63) is 30.6 Å². The summed E-state index contributed by atoms with van der Waals surface area (Å²) in [5, 5.41) is 3.49. The summed E-state index contributed by atoms with van der Waals surface area (Å²) in [7, 11) is 2.19. The van der Waals surface area contributed by atoms with E-state index in [2.05, 4.69) is 57.9 Å². The van der Waals surface area contributed by atoms with Gasteiger partial charge in [-0.3, -0.25) is 0 Å². The van der Waals surface area contributed by atoms with E-state index in [0.717, 1.165) is 67.5 Å². The third-order valence-corrected chi connectivity index (χ3v) is 6.93. The molecule has 3 aromatic rings. The molecule has 0 radical (unpaired) electrons. The highest BCUT2D eigenvalue weighted by atomic mass is 15.2. The van der Waals surface area contributed by atoms with Gasteiger partial charge in [-0.1, -0.05) is 26.2 Å². The smallest absolute Gasteiger partial charge is 0.166 e. The van der Waals surface area contributed by atoms with Crippen LogP contribution in [0.5, 0.6) is 0 Å². The first-order valence-corrected chi connectivity index (χ1v) is 12.3. The molecule has 0 bridgehead atoms. The van der Waals surface area contributed by atoms with E-state index in [4.69, 9.17) is 15.0 Å². The molecule has 1 aliphatic carbocycles. The van der Waals surface area contributed by atoms with Crippen LogP contribution in [0.25, 0.3) is 22.6 Å². The van der Waals surface area contributed by atoms with E-state index >= 15 is 0 Å². The molecule has 0 unspecified atom stereocenters. The van der Waals surface area contributed by atoms with Crippen molar-refractivity contribution in [1.29, 1.82) is 0 Å². The Morgan fingerprint density at radius 1 is 0.969 bits per heavy atom. The molecule has 1 aromatic carbocycles. The molecule has 1 saturated carbocycles. The van der Waals surface area contributed by atoms with E-state index < -0.39 is 0 Å². The topological polar surface area (TPSA) is 62.1 Å². The van der Waals surface area contributed by atoms with E-state index in [1.165, 1.54) is 37.8 Å². The third kappa shape index (κ3) is 4.31. The highest BCUT2D eigenvalue weighted by Crippen LogP contribution is 2.33. The Balaban J connectivity index is 1.48. The fourth-order valence-electron chi connectivity index (χ4n) is 4.92. The molecule has 2 aliphatic rings. The standard InChI is InChI=1S/C25H35N7/c1-3-13-26-24-22-25(32(18-27-22)21-7-5-4-6-8-21)29-23(28-24)19-9-11-20(12-10-19)31-16-14-30(2)15-17-31/h9-12,18,21H,3-8,13-17H2,1-2H3,(H,26,28,29). The number of fused-ring (bicyclic) bond motifs is 1. The molecule has 170 valence electrons. The van der Waals surface area contributed by atoms with Crippen molar-refractivity contribution in [1.82, 2.24) is 24.4 Å². The maximum atomic E-state index is 5.03. The van der Waals surface area contributed by atoms with Crippen LogP contribution >= 0.6 is 0 Å². The third-order valence-electron chi connectivity index (χ3n) is 6.93. The number of nitrogens with one attached hydrogen (secondary N) is 1. The van der Waals surface area contributed by atoms with Crippen molar-refractivity contribution in [2.24, 2.45) is 0 Å². The van der Waals surface area contributed by atoms with Gasteiger partial charge >= 0.3 is 0 Å². The maximum absolute atomic E-state index is 5.03. The molecular formula is C25H35N7. The Labute approximate surface area is 190 Å². The van der Waals surface area contributed by atoms with E-state index in [0.29, 0.717) is 6.04 Å². The van der Waals surface area contributed by atoms with Gasteiger partial charge in [0.25, 0.3) is 0 Å². The number of benzene rings is 1. The van der Waals surface area contributed by atoms with Crippen LogP contribution in [0.3, 0.4) is 0 Å². The maximum Gasteiger partial charge on any atom is 0.166 e. The lowest BCUT2D eigenvalue weighted by Crippen LogP contribution is -2.44. The average molecular weight is 434 g/mol. The first-order valence-electron chi connectivity index (χ1n) is 12.3. The van der Waals surface area contributed by atoms with Gasteiger partial charge < -0.3 is 19.7 Å². The Hall–Kier alpha value is -2.67. The number of anilines is 2. The van der Waals surface area contributed by atoms with Crippen molar-refractivity contribution < 1.29 is 0 Å². The first-order chi connectivity index (χ1) is 15.7. The van der Waals surface area contributed by atoms with Crippen molar-refractivity contribution in [3.63, 3.8) is 0 Å². The molecule has 7 nitrogen and oxygen atoms in total. The average Bonchev–Trinajstić information content (AvgIpc) is 3.28. The summed E-state index contributed by atoms with van der Waals surface area (Å²) in [5.41, 5.74) is 4.19. The summed E-state index contributed by atoms with van der Waals surface area (Å²) in [5.74, 6) is 1.63. The van der Waals surface area contributed by atoms with Gasteiger partial charge in [-0.2, -0.15) is 0 Å². The summed E-state index contributed by atoms with van der Waals surface area (Å²) in [6.07, 6.45) is 9.36. The lowest BCUT2D eigenvalue weighted by atomic mass is 9.95. The predicted octanol–water partition coefficient (Wildman–Crippen LogP) is 4.57. The van der Waals surface area contributed by atoms with Crippen LogP contribution in [0.1, 0.15) is 51.5 Å². The molecule has 0 amide bonds. The highest BCUT2D eigenvalue weighted by molar-refractivity contribution is 5.85. The van der Waals surface area contributed by atoms with Gasteiger partial charge in [0.2, 0.25) is 0 Å². The number of hydrogen-bond acceptors (Lipinski definition) is 6. The molecule has 1 saturated heterocycles. The number of piperazine rings is 1. The molecule has 7 heteroatoms. The van der Waals surface area contributed by atoms with E-state index in [9.17, 15) is 0 Å². The summed E-state index contributed by atoms with van der Waals surface area (Å²) >= 11 is 0. The van der Waals surface area contributed by atoms with Gasteiger partial charge in [0.1, 0.15) is 5.52 Å². The molecule has 5 rings (SSSR count). The fraction of sp³-hybridized carbons (Fsp3) is 0.560. The molecule has 0 atom stereocenters. The van der Waals surface area contributed by atoms with Crippen molar-refractivity contribution >= 4 is 22.7 Å². The number of nitrogens with zero attached hydrogens (tertiary/aromatic N) is 6. The predicted molar refractivity (Wildman–Crippen MR) is 131 cm³/mol. The first kappa shape index (κ1) is 21.2. The van der Waals surface area contributed by atoms with Crippen LogP contribution in [-0.2, 0) is 0 Å². The molecule has 3 heterocycles. The summed E-state index contributed by atoms with van der Waals surface area (Å²) in [6.45, 7) is 7.42. The fourth-order valence-corrected chi connectivity index (χ4v) is 4.92. The Bertz CT molecular complexity index is 1030. The minimum Gasteiger partial charge on any atom is -0.369 e. The van der Waals surface area contributed by atoms with Gasteiger partial charge in [0, 0.05) is 50.0 Å². The van der Waals surface area contributed by atoms with Gasteiger partial charge in [-0.05, 0) is 50.6 Å². The SMILES string of the molecule is CCCNc1nc(-c2ccc(N3CCN(C)CC3)cc2)nc2c1ncn2C1CCCCC1. The number of likely N-dealkylation sites (N-methyl/N-ethyl adjacent to an activating group) is 1. The van der Waals surface area contributed by atoms with Crippen molar-refractivity contribution in [2.45, 2.75) is 51.5 Å². The van der Waals surface area contributed by atoms with Crippen molar-refractivity contribution in [2.75, 3.05) is 50.0 Å². The Morgan fingerprint density at radius 2 is 1.72 bits per heavy atom. The van der Waals surface area contributed by atoms with E-state index in [1.54, 1.807) is 0 Å². The second-order valence-corrected chi connectivity index (χ2v) is 9.28. The summed E-state index contributed by atoms with van der Waals surface area (Å²) in [4.78, 5) is 19.5. The van der Waals surface area contributed by atoms with E-state index in [1.807, 2.05) is 6.33 Å². The zero-order valence-electron chi connectivity index (χ0n) is 19.4. The monoisotopic (exact) mass is 433 g/mol. The minimum atomic E-state index is 0.495. The van der Waals surface area contributed by atoms with Crippen LogP contribution in [0, 0.1) is 0 Å². The minimum absolute atomic E-state index is 0.495. The Kier molecular flexibility index (Phi) is 6.26. The number of hydrogen-bond donors (Lipinski definition) is 1. The van der Waals surface area contributed by atoms with Gasteiger partial charge in [-0.25, -0.2) is 15.0 Å². The quantitative estimate of drug-likeness (QED) is 0.614. The second kappa shape index (κ2) is 9.45. The number of imidazole rings is 1. The zero-order valence-corrected chi connectivity index (χ0v) is 19.4. The van der Waals surface area contributed by atoms with E-state index in [-0.39, 0.29) is 0 Å². The zero-order chi connectivity index (χ0) is 21.9. The highest BCUT2D eigenvalue weighted by Gasteiger charge is 2.21. The normalized spacial score (nSPS) is 18.4. The Morgan fingerprint density at radius 3 is 2.44 bits per heavy atom. The van der Waals surface area contributed by atoms with Gasteiger partial charge in [-0.15, -0.1) is 0 Å². The molecule has 32 heavy (non-hydrogen) atoms. The number of aromatic nitrogens is 4. The molecule has 1 N–H and O–H groups in total. The van der Waals surface area contributed by atoms with Crippen LogP contribution in [0.2, 0.25) is 0 Å². The van der Waals surface area contributed by atoms with Crippen LogP contribution in [-0.4, -0.2) is 64.2 Å². The molecular weight excluding hydrogens is 398 g/mol. The van der Waals surface area contributed by atoms with Crippen LogP contribution < -0.4 is 10.2 Å². The van der Waals surface area contributed by atoms with Gasteiger partial charge in [0.05, 0.1) is 6.33 Å². The van der Waals surface area contributed by atoms with Crippen LogP contribution in [0.4, 0.5) is 11.5 Å². The molecule has 2 fully saturated rings. The summed E-state index contributed by atoms with van der Waals surface area (Å²) in [6, 6.07) is 9.26.